The van der Waals surface area contributed by atoms with Crippen molar-refractivity contribution in [3.05, 3.63) is 100 Å². The number of anilines is 1. The van der Waals surface area contributed by atoms with Gasteiger partial charge in [-0.1, -0.05) is 45.4 Å². The van der Waals surface area contributed by atoms with E-state index >= 15 is 0 Å². The molecule has 5 aromatic rings. The van der Waals surface area contributed by atoms with Crippen LogP contribution in [-0.2, 0) is 13.0 Å². The van der Waals surface area contributed by atoms with Gasteiger partial charge < -0.3 is 20.5 Å². The number of fused-ring (bicyclic) bond motifs is 2. The van der Waals surface area contributed by atoms with Crippen LogP contribution in [0.4, 0.5) is 10.1 Å². The van der Waals surface area contributed by atoms with Gasteiger partial charge in [-0.25, -0.2) is 4.39 Å². The summed E-state index contributed by atoms with van der Waals surface area (Å²) in [5.74, 6) is -0.700. The van der Waals surface area contributed by atoms with E-state index in [1.54, 1.807) is 30.6 Å². The summed E-state index contributed by atoms with van der Waals surface area (Å²) in [6.45, 7) is 11.9. The fourth-order valence-corrected chi connectivity index (χ4v) is 5.08. The van der Waals surface area contributed by atoms with Crippen molar-refractivity contribution in [1.29, 1.82) is 0 Å². The molecule has 0 unspecified atom stereocenters. The first-order valence-electron chi connectivity index (χ1n) is 14.6. The van der Waals surface area contributed by atoms with Crippen LogP contribution in [0.25, 0.3) is 21.8 Å². The number of benzene rings is 2. The minimum absolute atomic E-state index is 0.0485. The number of hydrogen-bond donors (Lipinski definition) is 3. The quantitative estimate of drug-likeness (QED) is 0.201. The second-order valence-corrected chi connectivity index (χ2v) is 9.89. The number of nitrogens with zero attached hydrogens (tertiary/aromatic N) is 3. The Kier molecular flexibility index (Phi) is 10.9. The van der Waals surface area contributed by atoms with E-state index in [4.69, 9.17) is 11.6 Å². The minimum Gasteiger partial charge on any atom is -0.368 e. The molecule has 0 radical (unpaired) electrons. The Bertz CT molecular complexity index is 1650. The number of carbonyl (C=O) groups excluding carboxylic acids is 1. The third kappa shape index (κ3) is 7.24. The van der Waals surface area contributed by atoms with Gasteiger partial charge in [0, 0.05) is 84.6 Å². The highest BCUT2D eigenvalue weighted by Crippen LogP contribution is 2.26. The van der Waals surface area contributed by atoms with Gasteiger partial charge in [0.25, 0.3) is 5.91 Å². The van der Waals surface area contributed by atoms with E-state index in [0.717, 1.165) is 54.0 Å². The molecule has 0 atom stereocenters. The SMILES string of the molecule is CC.CC.O=C(NCc1cc2c(Cl)c[nH]c2cc1F)c1ccnc(Cc2ccc3ncc(N4CCNCC4)cc3c2)c1. The van der Waals surface area contributed by atoms with Crippen molar-refractivity contribution in [1.82, 2.24) is 25.6 Å². The maximum atomic E-state index is 14.5. The summed E-state index contributed by atoms with van der Waals surface area (Å²) in [6.07, 6.45) is 5.76. The van der Waals surface area contributed by atoms with E-state index in [0.29, 0.717) is 33.5 Å². The van der Waals surface area contributed by atoms with Crippen LogP contribution >= 0.6 is 11.6 Å². The first kappa shape index (κ1) is 30.9. The van der Waals surface area contributed by atoms with Crippen molar-refractivity contribution < 1.29 is 9.18 Å². The first-order valence-corrected chi connectivity index (χ1v) is 14.9. The summed E-state index contributed by atoms with van der Waals surface area (Å²) < 4.78 is 14.5. The molecule has 220 valence electrons. The monoisotopic (exact) mass is 588 g/mol. The predicted molar refractivity (Wildman–Crippen MR) is 171 cm³/mol. The Morgan fingerprint density at radius 3 is 2.60 bits per heavy atom. The zero-order valence-corrected chi connectivity index (χ0v) is 25.4. The van der Waals surface area contributed by atoms with E-state index in [-0.39, 0.29) is 12.5 Å². The lowest BCUT2D eigenvalue weighted by Gasteiger charge is -2.29. The summed E-state index contributed by atoms with van der Waals surface area (Å²) in [4.78, 5) is 27.3. The number of aromatic nitrogens is 3. The summed E-state index contributed by atoms with van der Waals surface area (Å²) in [7, 11) is 0. The number of halogens is 2. The Labute approximate surface area is 251 Å². The van der Waals surface area contributed by atoms with Crippen LogP contribution in [0.15, 0.2) is 67.1 Å². The van der Waals surface area contributed by atoms with Crippen molar-refractivity contribution in [2.45, 2.75) is 40.7 Å². The van der Waals surface area contributed by atoms with Crippen LogP contribution in [-0.4, -0.2) is 47.0 Å². The fourth-order valence-electron chi connectivity index (χ4n) is 4.87. The zero-order valence-electron chi connectivity index (χ0n) is 24.6. The van der Waals surface area contributed by atoms with Gasteiger partial charge in [-0.05, 0) is 48.0 Å². The normalized spacial score (nSPS) is 12.8. The molecule has 1 aliphatic heterocycles. The van der Waals surface area contributed by atoms with Crippen molar-refractivity contribution >= 4 is 45.0 Å². The van der Waals surface area contributed by atoms with Crippen molar-refractivity contribution in [2.75, 3.05) is 31.1 Å². The third-order valence-electron chi connectivity index (χ3n) is 6.92. The number of hydrogen-bond acceptors (Lipinski definition) is 5. The Morgan fingerprint density at radius 2 is 1.81 bits per heavy atom. The highest BCUT2D eigenvalue weighted by Gasteiger charge is 2.14. The number of pyridine rings is 2. The molecule has 7 nitrogen and oxygen atoms in total. The van der Waals surface area contributed by atoms with Gasteiger partial charge in [0.05, 0.1) is 22.4 Å². The van der Waals surface area contributed by atoms with Gasteiger partial charge in [0.15, 0.2) is 0 Å². The van der Waals surface area contributed by atoms with Gasteiger partial charge >= 0.3 is 0 Å². The molecule has 0 bridgehead atoms. The first-order chi connectivity index (χ1) is 20.5. The van der Waals surface area contributed by atoms with Crippen LogP contribution in [0, 0.1) is 5.82 Å². The Balaban J connectivity index is 0.000000972. The second-order valence-electron chi connectivity index (χ2n) is 9.48. The lowest BCUT2D eigenvalue weighted by atomic mass is 10.0. The molecular weight excluding hydrogens is 551 g/mol. The van der Waals surface area contributed by atoms with E-state index < -0.39 is 5.82 Å². The van der Waals surface area contributed by atoms with Crippen molar-refractivity contribution in [3.8, 4) is 0 Å². The van der Waals surface area contributed by atoms with Gasteiger partial charge in [-0.3, -0.25) is 14.8 Å². The van der Waals surface area contributed by atoms with Crippen LogP contribution < -0.4 is 15.5 Å². The van der Waals surface area contributed by atoms with E-state index in [1.165, 1.54) is 6.07 Å². The highest BCUT2D eigenvalue weighted by molar-refractivity contribution is 6.35. The molecule has 1 fully saturated rings. The number of carbonyl (C=O) groups is 1. The molecule has 6 rings (SSSR count). The number of nitrogens with one attached hydrogen (secondary N) is 3. The molecule has 0 saturated carbocycles. The maximum Gasteiger partial charge on any atom is 0.251 e. The molecule has 1 amide bonds. The Morgan fingerprint density at radius 1 is 1.02 bits per heavy atom. The summed E-state index contributed by atoms with van der Waals surface area (Å²) in [5, 5.41) is 8.49. The van der Waals surface area contributed by atoms with Gasteiger partial charge in [0.1, 0.15) is 5.82 Å². The molecular formula is C33H38ClFN6O. The summed E-state index contributed by atoms with van der Waals surface area (Å²) in [6, 6.07) is 14.9. The maximum absolute atomic E-state index is 14.5. The van der Waals surface area contributed by atoms with E-state index in [9.17, 15) is 9.18 Å². The van der Waals surface area contributed by atoms with Crippen LogP contribution in [0.1, 0.15) is 54.9 Å². The van der Waals surface area contributed by atoms with Crippen LogP contribution in [0.5, 0.6) is 0 Å². The molecule has 9 heteroatoms. The molecule has 0 aliphatic carbocycles. The Hall–Kier alpha value is -4.01. The van der Waals surface area contributed by atoms with Crippen molar-refractivity contribution in [2.24, 2.45) is 0 Å². The average Bonchev–Trinajstić information content (AvgIpc) is 3.40. The number of rotatable bonds is 6. The van der Waals surface area contributed by atoms with Crippen LogP contribution in [0.3, 0.4) is 0 Å². The second kappa shape index (κ2) is 14.8. The molecule has 4 heterocycles. The molecule has 1 saturated heterocycles. The topological polar surface area (TPSA) is 85.9 Å². The number of aromatic amines is 1. The van der Waals surface area contributed by atoms with Crippen molar-refractivity contribution in [3.63, 3.8) is 0 Å². The van der Waals surface area contributed by atoms with E-state index in [1.807, 2.05) is 46.0 Å². The number of piperazine rings is 1. The largest absolute Gasteiger partial charge is 0.368 e. The van der Waals surface area contributed by atoms with Gasteiger partial charge in [0.2, 0.25) is 0 Å². The molecule has 3 aromatic heterocycles. The van der Waals surface area contributed by atoms with Gasteiger partial charge in [-0.2, -0.15) is 0 Å². The molecule has 2 aromatic carbocycles. The summed E-state index contributed by atoms with van der Waals surface area (Å²) >= 11 is 6.16. The fraction of sp³-hybridized carbons (Fsp3) is 0.303. The molecule has 1 aliphatic rings. The van der Waals surface area contributed by atoms with E-state index in [2.05, 4.69) is 42.6 Å². The highest BCUT2D eigenvalue weighted by atomic mass is 35.5. The lowest BCUT2D eigenvalue weighted by molar-refractivity contribution is 0.0950. The standard InChI is InChI=1S/C29H26ClFN6O.2C2H6/c30-25-17-35-28-14-26(31)21(13-24(25)28)15-36-29(38)19-3-4-33-22(11-19)10-18-1-2-27-20(9-18)12-23(16-34-27)37-7-5-32-6-8-37;2*1-2/h1-4,9,11-14,16-17,32,35H,5-8,10,15H2,(H,36,38);2*1-2H3. The summed E-state index contributed by atoms with van der Waals surface area (Å²) in [5.41, 5.74) is 5.38. The molecule has 3 N–H and O–H groups in total. The number of amides is 1. The average molecular weight is 589 g/mol. The third-order valence-corrected chi connectivity index (χ3v) is 7.23. The smallest absolute Gasteiger partial charge is 0.251 e. The molecule has 42 heavy (non-hydrogen) atoms. The predicted octanol–water partition coefficient (Wildman–Crippen LogP) is 6.89. The minimum atomic E-state index is -0.405. The number of H-pyrrole nitrogens is 1. The zero-order chi connectivity index (χ0) is 30.1. The van der Waals surface area contributed by atoms with Gasteiger partial charge in [-0.15, -0.1) is 0 Å². The molecule has 0 spiro atoms. The lowest BCUT2D eigenvalue weighted by Crippen LogP contribution is -2.43. The van der Waals surface area contributed by atoms with Crippen LogP contribution in [0.2, 0.25) is 5.02 Å².